The molecule has 1 N–H and O–H groups in total. The van der Waals surface area contributed by atoms with E-state index >= 15 is 0 Å². The summed E-state index contributed by atoms with van der Waals surface area (Å²) in [6.45, 7) is 0. The molecule has 24 heavy (non-hydrogen) atoms. The summed E-state index contributed by atoms with van der Waals surface area (Å²) in [7, 11) is 3.01. The lowest BCUT2D eigenvalue weighted by Crippen LogP contribution is -2.21. The Morgan fingerprint density at radius 2 is 1.75 bits per heavy atom. The van der Waals surface area contributed by atoms with Gasteiger partial charge in [-0.2, -0.15) is 5.10 Å². The Hall–Kier alpha value is -3.12. The third-order valence-corrected chi connectivity index (χ3v) is 3.54. The van der Waals surface area contributed by atoms with Gasteiger partial charge >= 0.3 is 0 Å². The first-order valence-electron chi connectivity index (χ1n) is 7.36. The lowest BCUT2D eigenvalue weighted by atomic mass is 10.1. The number of hydroxylamine groups is 1. The van der Waals surface area contributed by atoms with Crippen LogP contribution in [0.15, 0.2) is 60.8 Å². The maximum absolute atomic E-state index is 12.3. The van der Waals surface area contributed by atoms with Crippen molar-refractivity contribution in [1.82, 2.24) is 15.3 Å². The Balaban J connectivity index is 2.06. The molecule has 6 nitrogen and oxygen atoms in total. The average molecular weight is 323 g/mol. The number of aromatic nitrogens is 2. The molecular weight excluding hydrogens is 306 g/mol. The highest BCUT2D eigenvalue weighted by Gasteiger charge is 2.18. The van der Waals surface area contributed by atoms with Gasteiger partial charge in [0, 0.05) is 11.8 Å². The van der Waals surface area contributed by atoms with Crippen LogP contribution in [0, 0.1) is 0 Å². The molecule has 1 amide bonds. The van der Waals surface area contributed by atoms with Crippen LogP contribution in [-0.2, 0) is 4.84 Å². The van der Waals surface area contributed by atoms with Crippen LogP contribution in [0.3, 0.4) is 0 Å². The summed E-state index contributed by atoms with van der Waals surface area (Å²) in [5.74, 6) is 0.405. The Bertz CT molecular complexity index is 826. The number of nitrogens with one attached hydrogen (secondary N) is 1. The van der Waals surface area contributed by atoms with Gasteiger partial charge in [-0.3, -0.25) is 9.63 Å². The SMILES string of the molecule is CONC(=O)c1cn(-c2ccc(OC)cc2)nc1-c1ccccc1. The van der Waals surface area contributed by atoms with Gasteiger partial charge in [-0.25, -0.2) is 10.2 Å². The van der Waals surface area contributed by atoms with Crippen molar-refractivity contribution in [2.45, 2.75) is 0 Å². The molecule has 122 valence electrons. The van der Waals surface area contributed by atoms with Crippen LogP contribution in [0.2, 0.25) is 0 Å². The third kappa shape index (κ3) is 3.13. The molecular formula is C18H17N3O3. The van der Waals surface area contributed by atoms with Crippen molar-refractivity contribution in [2.24, 2.45) is 0 Å². The monoisotopic (exact) mass is 323 g/mol. The van der Waals surface area contributed by atoms with E-state index in [1.165, 1.54) is 7.11 Å². The van der Waals surface area contributed by atoms with Crippen LogP contribution in [0.4, 0.5) is 0 Å². The van der Waals surface area contributed by atoms with Crippen LogP contribution in [0.5, 0.6) is 5.75 Å². The van der Waals surface area contributed by atoms with Crippen molar-refractivity contribution in [3.05, 3.63) is 66.4 Å². The molecule has 0 bridgehead atoms. The molecule has 0 aliphatic rings. The lowest BCUT2D eigenvalue weighted by molar-refractivity contribution is 0.0538. The van der Waals surface area contributed by atoms with Crippen LogP contribution in [0.25, 0.3) is 16.9 Å². The van der Waals surface area contributed by atoms with E-state index in [0.717, 1.165) is 17.0 Å². The van der Waals surface area contributed by atoms with Gasteiger partial charge < -0.3 is 4.74 Å². The third-order valence-electron chi connectivity index (χ3n) is 3.54. The van der Waals surface area contributed by atoms with Gasteiger partial charge in [-0.15, -0.1) is 0 Å². The minimum atomic E-state index is -0.351. The van der Waals surface area contributed by atoms with Crippen molar-refractivity contribution in [3.63, 3.8) is 0 Å². The summed E-state index contributed by atoms with van der Waals surface area (Å²) in [6, 6.07) is 17.0. The van der Waals surface area contributed by atoms with Crippen LogP contribution < -0.4 is 10.2 Å². The van der Waals surface area contributed by atoms with Gasteiger partial charge in [-0.1, -0.05) is 30.3 Å². The average Bonchev–Trinajstić information content (AvgIpc) is 3.08. The van der Waals surface area contributed by atoms with E-state index in [0.29, 0.717) is 11.3 Å². The van der Waals surface area contributed by atoms with Crippen LogP contribution in [-0.4, -0.2) is 29.9 Å². The number of hydrogen-bond acceptors (Lipinski definition) is 4. The van der Waals surface area contributed by atoms with Gasteiger partial charge in [0.15, 0.2) is 0 Å². The van der Waals surface area contributed by atoms with Crippen molar-refractivity contribution < 1.29 is 14.4 Å². The van der Waals surface area contributed by atoms with Crippen molar-refractivity contribution >= 4 is 5.91 Å². The molecule has 0 saturated heterocycles. The normalized spacial score (nSPS) is 10.4. The zero-order valence-electron chi connectivity index (χ0n) is 13.4. The summed E-state index contributed by atoms with van der Waals surface area (Å²) in [6.07, 6.45) is 1.68. The molecule has 0 saturated carbocycles. The van der Waals surface area contributed by atoms with Gasteiger partial charge in [-0.05, 0) is 24.3 Å². The molecule has 1 heterocycles. The van der Waals surface area contributed by atoms with E-state index in [1.807, 2.05) is 54.6 Å². The van der Waals surface area contributed by atoms with Gasteiger partial charge in [0.05, 0.1) is 25.5 Å². The summed E-state index contributed by atoms with van der Waals surface area (Å²) < 4.78 is 6.82. The van der Waals surface area contributed by atoms with E-state index in [1.54, 1.807) is 18.0 Å². The van der Waals surface area contributed by atoms with Crippen LogP contribution >= 0.6 is 0 Å². The summed E-state index contributed by atoms with van der Waals surface area (Å²) in [5, 5.41) is 4.57. The Labute approximate surface area is 139 Å². The number of carbonyl (C=O) groups is 1. The second kappa shape index (κ2) is 6.97. The number of nitrogens with zero attached hydrogens (tertiary/aromatic N) is 2. The van der Waals surface area contributed by atoms with Gasteiger partial charge in [0.1, 0.15) is 11.4 Å². The lowest BCUT2D eigenvalue weighted by Gasteiger charge is -2.03. The predicted octanol–water partition coefficient (Wildman–Crippen LogP) is 2.84. The molecule has 6 heteroatoms. The fourth-order valence-corrected chi connectivity index (χ4v) is 2.36. The largest absolute Gasteiger partial charge is 0.497 e. The Morgan fingerprint density at radius 1 is 1.04 bits per heavy atom. The van der Waals surface area contributed by atoms with E-state index in [4.69, 9.17) is 9.57 Å². The summed E-state index contributed by atoms with van der Waals surface area (Å²) >= 11 is 0. The topological polar surface area (TPSA) is 65.4 Å². The highest BCUT2D eigenvalue weighted by Crippen LogP contribution is 2.24. The minimum Gasteiger partial charge on any atom is -0.497 e. The summed E-state index contributed by atoms with van der Waals surface area (Å²) in [5.41, 5.74) is 5.03. The number of methoxy groups -OCH3 is 1. The molecule has 0 fully saturated rings. The zero-order chi connectivity index (χ0) is 16.9. The molecule has 2 aromatic carbocycles. The summed E-state index contributed by atoms with van der Waals surface area (Å²) in [4.78, 5) is 17.0. The maximum atomic E-state index is 12.3. The second-order valence-electron chi connectivity index (χ2n) is 5.04. The maximum Gasteiger partial charge on any atom is 0.278 e. The van der Waals surface area contributed by atoms with Crippen molar-refractivity contribution in [2.75, 3.05) is 14.2 Å². The fraction of sp³-hybridized carbons (Fsp3) is 0.111. The highest BCUT2D eigenvalue weighted by molar-refractivity contribution is 5.99. The first kappa shape index (κ1) is 15.8. The molecule has 0 aliphatic carbocycles. The Morgan fingerprint density at radius 3 is 2.38 bits per heavy atom. The standard InChI is InChI=1S/C18H17N3O3/c1-23-15-10-8-14(9-11-15)21-12-16(18(22)20-24-2)17(19-21)13-6-4-3-5-7-13/h3-12H,1-2H3,(H,20,22). The quantitative estimate of drug-likeness (QED) is 0.733. The molecule has 0 spiro atoms. The van der Waals surface area contributed by atoms with Gasteiger partial charge in [0.2, 0.25) is 0 Å². The van der Waals surface area contributed by atoms with Crippen molar-refractivity contribution in [3.8, 4) is 22.7 Å². The molecule has 0 atom stereocenters. The first-order chi connectivity index (χ1) is 11.7. The first-order valence-corrected chi connectivity index (χ1v) is 7.36. The van der Waals surface area contributed by atoms with Crippen molar-refractivity contribution in [1.29, 1.82) is 0 Å². The fourth-order valence-electron chi connectivity index (χ4n) is 2.36. The highest BCUT2D eigenvalue weighted by atomic mass is 16.6. The minimum absolute atomic E-state index is 0.351. The molecule has 0 unspecified atom stereocenters. The molecule has 3 rings (SSSR count). The van der Waals surface area contributed by atoms with Gasteiger partial charge in [0.25, 0.3) is 5.91 Å². The number of amides is 1. The number of ether oxygens (including phenoxy) is 1. The number of benzene rings is 2. The Kier molecular flexibility index (Phi) is 4.58. The van der Waals surface area contributed by atoms with E-state index < -0.39 is 0 Å². The number of hydrogen-bond donors (Lipinski definition) is 1. The number of carbonyl (C=O) groups excluding carboxylic acids is 1. The molecule has 0 radical (unpaired) electrons. The van der Waals surface area contributed by atoms with E-state index in [2.05, 4.69) is 10.6 Å². The second-order valence-corrected chi connectivity index (χ2v) is 5.04. The molecule has 1 aromatic heterocycles. The van der Waals surface area contributed by atoms with E-state index in [-0.39, 0.29) is 5.91 Å². The van der Waals surface area contributed by atoms with E-state index in [9.17, 15) is 4.79 Å². The predicted molar refractivity (Wildman–Crippen MR) is 90.0 cm³/mol. The van der Waals surface area contributed by atoms with Crippen LogP contribution in [0.1, 0.15) is 10.4 Å². The smallest absolute Gasteiger partial charge is 0.278 e. The number of rotatable bonds is 5. The molecule has 0 aliphatic heterocycles. The molecule has 3 aromatic rings. The zero-order valence-corrected chi connectivity index (χ0v) is 13.4.